The molecule has 0 unspecified atom stereocenters. The molecule has 1 fully saturated rings. The number of hydrogen-bond acceptors (Lipinski definition) is 7. The van der Waals surface area contributed by atoms with E-state index in [2.05, 4.69) is 20.4 Å². The number of thioether (sulfide) groups is 1. The van der Waals surface area contributed by atoms with E-state index in [4.69, 9.17) is 21.4 Å². The molecule has 0 atom stereocenters. The number of rotatable bonds is 5. The summed E-state index contributed by atoms with van der Waals surface area (Å²) >= 11 is 7.42. The minimum Gasteiger partial charge on any atom is -0.357 e. The number of hydrogen-bond donors (Lipinski definition) is 1. The van der Waals surface area contributed by atoms with E-state index >= 15 is 0 Å². The Hall–Kier alpha value is -1.70. The number of oxime groups is 1. The van der Waals surface area contributed by atoms with E-state index in [0.29, 0.717) is 16.8 Å². The summed E-state index contributed by atoms with van der Waals surface area (Å²) in [5, 5.41) is 8.79. The quantitative estimate of drug-likeness (QED) is 0.282. The van der Waals surface area contributed by atoms with Crippen LogP contribution in [0.4, 0.5) is 0 Å². The summed E-state index contributed by atoms with van der Waals surface area (Å²) in [5.74, 6) is 0.954. The van der Waals surface area contributed by atoms with Crippen LogP contribution in [0.2, 0.25) is 5.15 Å². The summed E-state index contributed by atoms with van der Waals surface area (Å²) < 4.78 is 0. The Kier molecular flexibility index (Phi) is 6.23. The molecule has 3 heterocycles. The molecular formula is C17H20ClN5OS. The number of aromatic nitrogens is 3. The Morgan fingerprint density at radius 3 is 2.88 bits per heavy atom. The molecule has 0 saturated carbocycles. The van der Waals surface area contributed by atoms with Gasteiger partial charge in [0.15, 0.2) is 10.9 Å². The molecule has 1 aliphatic heterocycles. The first-order chi connectivity index (χ1) is 12.2. The van der Waals surface area contributed by atoms with Gasteiger partial charge in [-0.25, -0.2) is 15.0 Å². The van der Waals surface area contributed by atoms with Gasteiger partial charge in [-0.15, -0.1) is 0 Å². The number of nitrogens with one attached hydrogen (secondary N) is 1. The van der Waals surface area contributed by atoms with Crippen molar-refractivity contribution in [2.24, 2.45) is 5.16 Å². The number of piperidine rings is 1. The predicted octanol–water partition coefficient (Wildman–Crippen LogP) is 3.52. The van der Waals surface area contributed by atoms with Gasteiger partial charge in [0.1, 0.15) is 5.15 Å². The molecule has 0 spiro atoms. The van der Waals surface area contributed by atoms with Crippen LogP contribution in [-0.4, -0.2) is 40.0 Å². The Bertz CT molecular complexity index is 764. The molecule has 0 radical (unpaired) electrons. The van der Waals surface area contributed by atoms with Gasteiger partial charge in [-0.3, -0.25) is 0 Å². The van der Waals surface area contributed by atoms with E-state index < -0.39 is 0 Å². The van der Waals surface area contributed by atoms with Crippen molar-refractivity contribution >= 4 is 29.1 Å². The molecule has 0 aromatic carbocycles. The van der Waals surface area contributed by atoms with E-state index in [-0.39, 0.29) is 0 Å². The summed E-state index contributed by atoms with van der Waals surface area (Å²) in [6.45, 7) is 3.92. The van der Waals surface area contributed by atoms with Gasteiger partial charge in [0, 0.05) is 36.0 Å². The van der Waals surface area contributed by atoms with Gasteiger partial charge in [0.05, 0.1) is 11.4 Å². The minimum atomic E-state index is 0.369. The van der Waals surface area contributed by atoms with Crippen molar-refractivity contribution in [1.82, 2.24) is 20.3 Å². The predicted molar refractivity (Wildman–Crippen MR) is 101 cm³/mol. The third-order valence-corrected chi connectivity index (χ3v) is 4.85. The molecule has 2 aromatic heterocycles. The average molecular weight is 378 g/mol. The number of pyridine rings is 1. The first kappa shape index (κ1) is 18.1. The molecule has 3 rings (SSSR count). The Labute approximate surface area is 156 Å². The highest BCUT2D eigenvalue weighted by Gasteiger charge is 2.22. The minimum absolute atomic E-state index is 0.369. The van der Waals surface area contributed by atoms with E-state index in [1.165, 1.54) is 0 Å². The number of halogens is 1. The third-order valence-electron chi connectivity index (χ3n) is 4.08. The summed E-state index contributed by atoms with van der Waals surface area (Å²) in [6, 6.07) is 3.34. The lowest BCUT2D eigenvalue weighted by Crippen LogP contribution is -2.28. The van der Waals surface area contributed by atoms with Crippen LogP contribution in [0.1, 0.15) is 36.9 Å². The van der Waals surface area contributed by atoms with E-state index in [1.807, 2.05) is 19.4 Å². The van der Waals surface area contributed by atoms with Gasteiger partial charge in [-0.1, -0.05) is 28.5 Å². The molecule has 0 amide bonds. The van der Waals surface area contributed by atoms with Gasteiger partial charge < -0.3 is 10.2 Å². The van der Waals surface area contributed by atoms with Crippen LogP contribution < -0.4 is 10.2 Å². The zero-order valence-electron chi connectivity index (χ0n) is 14.2. The summed E-state index contributed by atoms with van der Waals surface area (Å²) in [7, 11) is 0. The fourth-order valence-electron chi connectivity index (χ4n) is 2.77. The lowest BCUT2D eigenvalue weighted by atomic mass is 9.91. The first-order valence-electron chi connectivity index (χ1n) is 8.12. The van der Waals surface area contributed by atoms with Crippen molar-refractivity contribution in [1.29, 1.82) is 0 Å². The van der Waals surface area contributed by atoms with Gasteiger partial charge >= 0.3 is 0 Å². The lowest BCUT2D eigenvalue weighted by Gasteiger charge is -2.24. The summed E-state index contributed by atoms with van der Waals surface area (Å²) in [5.41, 5.74) is 2.73. The maximum atomic E-state index is 5.87. The van der Waals surface area contributed by atoms with Crippen molar-refractivity contribution in [3.8, 4) is 5.75 Å². The molecule has 0 bridgehead atoms. The van der Waals surface area contributed by atoms with Crippen molar-refractivity contribution in [2.75, 3.05) is 19.3 Å². The molecule has 0 aliphatic carbocycles. The van der Waals surface area contributed by atoms with Crippen LogP contribution in [0.5, 0.6) is 5.75 Å². The SMILES string of the molecule is CSc1ncc(C(C)=NOc2ccnc(Cl)c2)c(C2CCNCC2)n1. The van der Waals surface area contributed by atoms with Gasteiger partial charge in [0.25, 0.3) is 0 Å². The molecule has 1 aliphatic rings. The maximum Gasteiger partial charge on any atom is 0.187 e. The van der Waals surface area contributed by atoms with Crippen molar-refractivity contribution in [2.45, 2.75) is 30.8 Å². The molecule has 25 heavy (non-hydrogen) atoms. The smallest absolute Gasteiger partial charge is 0.187 e. The third kappa shape index (κ3) is 4.68. The first-order valence-corrected chi connectivity index (χ1v) is 9.73. The van der Waals surface area contributed by atoms with Crippen molar-refractivity contribution in [3.05, 3.63) is 40.9 Å². The highest BCUT2D eigenvalue weighted by Crippen LogP contribution is 2.28. The topological polar surface area (TPSA) is 72.3 Å². The fourth-order valence-corrected chi connectivity index (χ4v) is 3.29. The van der Waals surface area contributed by atoms with E-state index in [9.17, 15) is 0 Å². The summed E-state index contributed by atoms with van der Waals surface area (Å²) in [4.78, 5) is 18.6. The molecule has 6 nitrogen and oxygen atoms in total. The van der Waals surface area contributed by atoms with Crippen LogP contribution >= 0.6 is 23.4 Å². The van der Waals surface area contributed by atoms with Crippen LogP contribution in [-0.2, 0) is 0 Å². The second kappa shape index (κ2) is 8.60. The lowest BCUT2D eigenvalue weighted by molar-refractivity contribution is 0.340. The fraction of sp³-hybridized carbons (Fsp3) is 0.412. The van der Waals surface area contributed by atoms with Gasteiger partial charge in [0.2, 0.25) is 0 Å². The van der Waals surface area contributed by atoms with Crippen LogP contribution in [0.25, 0.3) is 0 Å². The van der Waals surface area contributed by atoms with E-state index in [0.717, 1.165) is 48.1 Å². The van der Waals surface area contributed by atoms with Crippen LogP contribution in [0, 0.1) is 0 Å². The summed E-state index contributed by atoms with van der Waals surface area (Å²) in [6.07, 6.45) is 7.54. The largest absolute Gasteiger partial charge is 0.357 e. The average Bonchev–Trinajstić information content (AvgIpc) is 2.66. The van der Waals surface area contributed by atoms with Gasteiger partial charge in [-0.05, 0) is 39.1 Å². The molecule has 1 saturated heterocycles. The molecule has 132 valence electrons. The zero-order chi connectivity index (χ0) is 17.6. The molecular weight excluding hydrogens is 358 g/mol. The highest BCUT2D eigenvalue weighted by atomic mass is 35.5. The second-order valence-corrected chi connectivity index (χ2v) is 6.92. The van der Waals surface area contributed by atoms with E-state index in [1.54, 1.807) is 30.1 Å². The maximum absolute atomic E-state index is 5.87. The molecule has 8 heteroatoms. The van der Waals surface area contributed by atoms with Crippen LogP contribution in [0.15, 0.2) is 34.8 Å². The van der Waals surface area contributed by atoms with Crippen LogP contribution in [0.3, 0.4) is 0 Å². The Morgan fingerprint density at radius 2 is 2.16 bits per heavy atom. The Balaban J connectivity index is 1.87. The second-order valence-electron chi connectivity index (χ2n) is 5.76. The monoisotopic (exact) mass is 377 g/mol. The molecule has 2 aromatic rings. The van der Waals surface area contributed by atoms with Crippen molar-refractivity contribution < 1.29 is 4.84 Å². The van der Waals surface area contributed by atoms with Gasteiger partial charge in [-0.2, -0.15) is 0 Å². The normalized spacial score (nSPS) is 16.0. The standard InChI is InChI=1S/C17H20ClN5OS/c1-11(23-24-13-5-8-20-15(18)9-13)14-10-21-17(25-2)22-16(14)12-3-6-19-7-4-12/h5,8-10,12,19H,3-4,6-7H2,1-2H3. The highest BCUT2D eigenvalue weighted by molar-refractivity contribution is 7.98. The Morgan fingerprint density at radius 1 is 1.36 bits per heavy atom. The molecule has 1 N–H and O–H groups in total. The number of nitrogens with zero attached hydrogens (tertiary/aromatic N) is 4. The zero-order valence-corrected chi connectivity index (χ0v) is 15.8. The van der Waals surface area contributed by atoms with Crippen molar-refractivity contribution in [3.63, 3.8) is 0 Å².